The van der Waals surface area contributed by atoms with E-state index in [0.29, 0.717) is 5.56 Å². The van der Waals surface area contributed by atoms with Crippen molar-refractivity contribution < 1.29 is 31.4 Å². The maximum atomic E-state index is 13.5. The van der Waals surface area contributed by atoms with Crippen molar-refractivity contribution in [1.29, 1.82) is 0 Å². The summed E-state index contributed by atoms with van der Waals surface area (Å²) in [5, 5.41) is 18.1. The first-order chi connectivity index (χ1) is 15.9. The van der Waals surface area contributed by atoms with Gasteiger partial charge in [-0.25, -0.2) is 0 Å². The number of rotatable bonds is 4. The third kappa shape index (κ3) is 4.32. The van der Waals surface area contributed by atoms with Gasteiger partial charge in [0.15, 0.2) is 0 Å². The van der Waals surface area contributed by atoms with Gasteiger partial charge in [0.25, 0.3) is 5.60 Å². The van der Waals surface area contributed by atoms with Crippen LogP contribution in [0.25, 0.3) is 0 Å². The monoisotopic (exact) mass is 506 g/mol. The van der Waals surface area contributed by atoms with E-state index in [9.17, 15) is 31.4 Å². The highest BCUT2D eigenvalue weighted by Crippen LogP contribution is 2.49. The summed E-state index contributed by atoms with van der Waals surface area (Å²) in [7, 11) is 0. The van der Waals surface area contributed by atoms with Crippen LogP contribution >= 0.6 is 11.6 Å². The molecule has 0 bridgehead atoms. The molecular formula is C22H21ClF6N4O. The Balaban J connectivity index is 1.76. The van der Waals surface area contributed by atoms with Crippen molar-refractivity contribution in [2.45, 2.75) is 30.4 Å². The topological polar surface area (TPSA) is 51.1 Å². The van der Waals surface area contributed by atoms with Crippen LogP contribution in [-0.4, -0.2) is 55.0 Å². The van der Waals surface area contributed by atoms with Gasteiger partial charge in [0.1, 0.15) is 0 Å². The van der Waals surface area contributed by atoms with Crippen LogP contribution in [0.2, 0.25) is 5.02 Å². The summed E-state index contributed by atoms with van der Waals surface area (Å²) in [6.45, 7) is 3.11. The molecule has 0 radical (unpaired) electrons. The molecule has 1 unspecified atom stereocenters. The summed E-state index contributed by atoms with van der Waals surface area (Å²) in [5.74, 6) is 0. The number of hydrazone groups is 1. The number of aliphatic hydroxyl groups is 1. The highest BCUT2D eigenvalue weighted by atomic mass is 35.5. The van der Waals surface area contributed by atoms with Crippen LogP contribution in [0.1, 0.15) is 18.0 Å². The fraction of sp³-hybridized carbons (Fsp3) is 0.409. The normalized spacial score (nSPS) is 20.0. The molecule has 34 heavy (non-hydrogen) atoms. The van der Waals surface area contributed by atoms with Crippen LogP contribution in [0, 0.1) is 0 Å². The summed E-state index contributed by atoms with van der Waals surface area (Å²) in [6.07, 6.45) is -12.9. The highest BCUT2D eigenvalue weighted by molar-refractivity contribution is 6.31. The molecule has 0 aliphatic carbocycles. The molecule has 1 atom stereocenters. The SMILES string of the molecule is OC(C1=NN(c2ccc(N3CCNCC3)cc2)C(c2ccccc2Cl)C1)(C(F)(F)F)C(F)(F)F. The molecule has 0 spiro atoms. The molecule has 0 amide bonds. The van der Waals surface area contributed by atoms with E-state index >= 15 is 0 Å². The fourth-order valence-corrected chi connectivity index (χ4v) is 4.44. The van der Waals surface area contributed by atoms with Crippen molar-refractivity contribution in [3.05, 3.63) is 59.1 Å². The second-order valence-electron chi connectivity index (χ2n) is 8.09. The van der Waals surface area contributed by atoms with E-state index in [-0.39, 0.29) is 10.7 Å². The number of alkyl halides is 6. The maximum absolute atomic E-state index is 13.5. The zero-order valence-electron chi connectivity index (χ0n) is 17.7. The number of benzene rings is 2. The van der Waals surface area contributed by atoms with E-state index in [1.807, 2.05) is 0 Å². The number of nitrogens with one attached hydrogen (secondary N) is 1. The second kappa shape index (κ2) is 8.94. The third-order valence-electron chi connectivity index (χ3n) is 6.01. The molecule has 4 rings (SSSR count). The predicted molar refractivity (Wildman–Crippen MR) is 117 cm³/mol. The highest BCUT2D eigenvalue weighted by Gasteiger charge is 2.74. The maximum Gasteiger partial charge on any atom is 0.431 e. The van der Waals surface area contributed by atoms with Crippen LogP contribution in [-0.2, 0) is 0 Å². The average molecular weight is 507 g/mol. The Morgan fingerprint density at radius 3 is 2.00 bits per heavy atom. The van der Waals surface area contributed by atoms with Crippen molar-refractivity contribution in [3.63, 3.8) is 0 Å². The number of hydrogen-bond donors (Lipinski definition) is 2. The van der Waals surface area contributed by atoms with E-state index in [1.54, 1.807) is 36.4 Å². The van der Waals surface area contributed by atoms with Gasteiger partial charge in [-0.3, -0.25) is 5.01 Å². The predicted octanol–water partition coefficient (Wildman–Crippen LogP) is 4.91. The number of piperazine rings is 1. The molecule has 2 heterocycles. The lowest BCUT2D eigenvalue weighted by Gasteiger charge is -2.32. The first-order valence-electron chi connectivity index (χ1n) is 10.5. The molecule has 2 aliphatic rings. The van der Waals surface area contributed by atoms with Crippen molar-refractivity contribution in [1.82, 2.24) is 5.32 Å². The Morgan fingerprint density at radius 2 is 1.44 bits per heavy atom. The van der Waals surface area contributed by atoms with E-state index in [1.165, 1.54) is 12.1 Å². The molecule has 5 nitrogen and oxygen atoms in total. The molecule has 184 valence electrons. The number of anilines is 2. The van der Waals surface area contributed by atoms with E-state index in [4.69, 9.17) is 11.6 Å². The molecule has 2 N–H and O–H groups in total. The van der Waals surface area contributed by atoms with Crippen LogP contribution in [0.5, 0.6) is 0 Å². The minimum atomic E-state index is -6.02. The lowest BCUT2D eigenvalue weighted by atomic mass is 9.90. The summed E-state index contributed by atoms with van der Waals surface area (Å²) in [4.78, 5) is 2.11. The van der Waals surface area contributed by atoms with Crippen molar-refractivity contribution in [2.75, 3.05) is 36.1 Å². The van der Waals surface area contributed by atoms with Crippen molar-refractivity contribution in [2.24, 2.45) is 5.10 Å². The Kier molecular flexibility index (Phi) is 6.47. The molecule has 2 aromatic carbocycles. The Bertz CT molecular complexity index is 1040. The molecule has 12 heteroatoms. The zero-order valence-corrected chi connectivity index (χ0v) is 18.4. The Morgan fingerprint density at radius 1 is 0.882 bits per heavy atom. The fourth-order valence-electron chi connectivity index (χ4n) is 4.18. The standard InChI is InChI=1S/C22H21ClF6N4O/c23-17-4-2-1-3-16(17)18-13-19(20(34,21(24,25)26)22(27,28)29)31-33(18)15-7-5-14(6-8-15)32-11-9-30-10-12-32/h1-8,18,30,34H,9-13H2. The minimum absolute atomic E-state index is 0.161. The number of hydrogen-bond acceptors (Lipinski definition) is 5. The van der Waals surface area contributed by atoms with Gasteiger partial charge in [-0.1, -0.05) is 29.8 Å². The molecule has 0 saturated carbocycles. The Labute approximate surface area is 196 Å². The molecule has 0 aromatic heterocycles. The molecule has 2 aliphatic heterocycles. The van der Waals surface area contributed by atoms with Crippen LogP contribution in [0.15, 0.2) is 53.6 Å². The van der Waals surface area contributed by atoms with Gasteiger partial charge in [-0.15, -0.1) is 0 Å². The quantitative estimate of drug-likeness (QED) is 0.579. The zero-order chi connectivity index (χ0) is 24.7. The molecular weight excluding hydrogens is 486 g/mol. The lowest BCUT2D eigenvalue weighted by Crippen LogP contribution is -2.62. The van der Waals surface area contributed by atoms with Crippen LogP contribution < -0.4 is 15.2 Å². The average Bonchev–Trinajstić information content (AvgIpc) is 3.23. The molecule has 1 saturated heterocycles. The van der Waals surface area contributed by atoms with Gasteiger partial charge in [-0.2, -0.15) is 31.4 Å². The van der Waals surface area contributed by atoms with Gasteiger partial charge < -0.3 is 15.3 Å². The third-order valence-corrected chi connectivity index (χ3v) is 6.35. The van der Waals surface area contributed by atoms with Gasteiger partial charge in [-0.05, 0) is 35.9 Å². The van der Waals surface area contributed by atoms with E-state index < -0.39 is 36.1 Å². The van der Waals surface area contributed by atoms with Crippen molar-refractivity contribution in [3.8, 4) is 0 Å². The van der Waals surface area contributed by atoms with Gasteiger partial charge in [0.2, 0.25) is 0 Å². The van der Waals surface area contributed by atoms with E-state index in [2.05, 4.69) is 15.3 Å². The minimum Gasteiger partial charge on any atom is -0.369 e. The number of halogens is 7. The first kappa shape index (κ1) is 24.6. The van der Waals surface area contributed by atoms with E-state index in [0.717, 1.165) is 36.9 Å². The first-order valence-corrected chi connectivity index (χ1v) is 10.8. The van der Waals surface area contributed by atoms with Gasteiger partial charge >= 0.3 is 12.4 Å². The van der Waals surface area contributed by atoms with Gasteiger partial charge in [0.05, 0.1) is 17.4 Å². The largest absolute Gasteiger partial charge is 0.431 e. The summed E-state index contributed by atoms with van der Waals surface area (Å²) in [5.41, 5.74) is -5.10. The van der Waals surface area contributed by atoms with Crippen LogP contribution in [0.3, 0.4) is 0 Å². The summed E-state index contributed by atoms with van der Waals surface area (Å²) < 4.78 is 81.3. The molecule has 1 fully saturated rings. The number of nitrogens with zero attached hydrogens (tertiary/aromatic N) is 3. The Hall–Kier alpha value is -2.50. The molecule has 2 aromatic rings. The second-order valence-corrected chi connectivity index (χ2v) is 8.50. The summed E-state index contributed by atoms with van der Waals surface area (Å²) >= 11 is 6.23. The van der Waals surface area contributed by atoms with Gasteiger partial charge in [0, 0.05) is 43.3 Å². The summed E-state index contributed by atoms with van der Waals surface area (Å²) in [6, 6.07) is 11.7. The van der Waals surface area contributed by atoms with Crippen LogP contribution in [0.4, 0.5) is 37.7 Å². The van der Waals surface area contributed by atoms with Crippen molar-refractivity contribution >= 4 is 28.7 Å². The lowest BCUT2D eigenvalue weighted by molar-refractivity contribution is -0.338. The smallest absolute Gasteiger partial charge is 0.369 e.